The lowest BCUT2D eigenvalue weighted by Crippen LogP contribution is -2.10. The molecule has 112 valence electrons. The summed E-state index contributed by atoms with van der Waals surface area (Å²) < 4.78 is 1.57. The standard InChI is InChI=1S/C13H18N6O2/c1-5-14-11-6-8(2)15-12(16-11)7-18-10(4)13(19(20)21)9(3)17-18/h6H,5,7H2,1-4H3,(H,14,15,16). The van der Waals surface area contributed by atoms with E-state index in [9.17, 15) is 10.1 Å². The maximum atomic E-state index is 11.0. The molecule has 0 radical (unpaired) electrons. The van der Waals surface area contributed by atoms with Crippen LogP contribution in [0.15, 0.2) is 6.07 Å². The van der Waals surface area contributed by atoms with Crippen LogP contribution in [-0.2, 0) is 6.54 Å². The molecule has 1 N–H and O–H groups in total. The first-order valence-electron chi connectivity index (χ1n) is 6.69. The van der Waals surface area contributed by atoms with Gasteiger partial charge in [0.15, 0.2) is 5.82 Å². The molecule has 0 unspecified atom stereocenters. The molecule has 0 aliphatic carbocycles. The van der Waals surface area contributed by atoms with Gasteiger partial charge in [0.25, 0.3) is 0 Å². The first-order chi connectivity index (χ1) is 9.92. The van der Waals surface area contributed by atoms with E-state index >= 15 is 0 Å². The number of rotatable bonds is 5. The van der Waals surface area contributed by atoms with E-state index in [0.29, 0.717) is 23.8 Å². The Morgan fingerprint density at radius 2 is 2.05 bits per heavy atom. The summed E-state index contributed by atoms with van der Waals surface area (Å²) >= 11 is 0. The molecule has 0 saturated heterocycles. The zero-order chi connectivity index (χ0) is 15.6. The first kappa shape index (κ1) is 14.9. The Morgan fingerprint density at radius 3 is 2.62 bits per heavy atom. The lowest BCUT2D eigenvalue weighted by molar-refractivity contribution is -0.386. The minimum absolute atomic E-state index is 0.0505. The van der Waals surface area contributed by atoms with Crippen LogP contribution >= 0.6 is 0 Å². The third-order valence-corrected chi connectivity index (χ3v) is 3.08. The van der Waals surface area contributed by atoms with E-state index in [1.165, 1.54) is 0 Å². The highest BCUT2D eigenvalue weighted by atomic mass is 16.6. The van der Waals surface area contributed by atoms with E-state index in [-0.39, 0.29) is 5.69 Å². The Hall–Kier alpha value is -2.51. The molecule has 0 bridgehead atoms. The molecular formula is C13H18N6O2. The molecule has 0 saturated carbocycles. The lowest BCUT2D eigenvalue weighted by Gasteiger charge is -2.07. The minimum atomic E-state index is -0.407. The molecular weight excluding hydrogens is 272 g/mol. The van der Waals surface area contributed by atoms with Gasteiger partial charge in [-0.3, -0.25) is 14.8 Å². The second-order valence-corrected chi connectivity index (χ2v) is 4.78. The Balaban J connectivity index is 2.34. The van der Waals surface area contributed by atoms with Crippen molar-refractivity contribution in [3.8, 4) is 0 Å². The average molecular weight is 290 g/mol. The zero-order valence-electron chi connectivity index (χ0n) is 12.5. The van der Waals surface area contributed by atoms with Crippen LogP contribution in [0.25, 0.3) is 0 Å². The predicted octanol–water partition coefficient (Wildman–Crippen LogP) is 1.99. The van der Waals surface area contributed by atoms with Gasteiger partial charge in [-0.05, 0) is 27.7 Å². The van der Waals surface area contributed by atoms with Crippen molar-refractivity contribution >= 4 is 11.5 Å². The molecule has 0 atom stereocenters. The van der Waals surface area contributed by atoms with Crippen molar-refractivity contribution < 1.29 is 4.92 Å². The van der Waals surface area contributed by atoms with Crippen molar-refractivity contribution in [3.63, 3.8) is 0 Å². The van der Waals surface area contributed by atoms with Gasteiger partial charge in [0.1, 0.15) is 23.8 Å². The Kier molecular flexibility index (Phi) is 4.15. The second-order valence-electron chi connectivity index (χ2n) is 4.78. The van der Waals surface area contributed by atoms with Gasteiger partial charge in [-0.25, -0.2) is 9.97 Å². The van der Waals surface area contributed by atoms with Crippen LogP contribution < -0.4 is 5.32 Å². The van der Waals surface area contributed by atoms with Crippen LogP contribution in [-0.4, -0.2) is 31.2 Å². The highest BCUT2D eigenvalue weighted by Gasteiger charge is 2.22. The van der Waals surface area contributed by atoms with Gasteiger partial charge in [0.05, 0.1) is 4.92 Å². The third-order valence-electron chi connectivity index (χ3n) is 3.08. The third kappa shape index (κ3) is 3.15. The molecule has 0 aromatic carbocycles. The van der Waals surface area contributed by atoms with Crippen LogP contribution in [0.2, 0.25) is 0 Å². The van der Waals surface area contributed by atoms with Gasteiger partial charge in [-0.2, -0.15) is 5.10 Å². The zero-order valence-corrected chi connectivity index (χ0v) is 12.5. The Labute approximate surface area is 122 Å². The molecule has 8 nitrogen and oxygen atoms in total. The molecule has 2 aromatic rings. The Morgan fingerprint density at radius 1 is 1.33 bits per heavy atom. The number of nitro groups is 1. The van der Waals surface area contributed by atoms with Crippen LogP contribution in [0.1, 0.15) is 29.8 Å². The fourth-order valence-corrected chi connectivity index (χ4v) is 2.21. The van der Waals surface area contributed by atoms with Crippen molar-refractivity contribution in [1.82, 2.24) is 19.7 Å². The van der Waals surface area contributed by atoms with Crippen molar-refractivity contribution in [1.29, 1.82) is 0 Å². The second kappa shape index (κ2) is 5.86. The largest absolute Gasteiger partial charge is 0.370 e. The average Bonchev–Trinajstić information content (AvgIpc) is 2.63. The fraction of sp³-hybridized carbons (Fsp3) is 0.462. The van der Waals surface area contributed by atoms with Crippen LogP contribution in [0.5, 0.6) is 0 Å². The normalized spacial score (nSPS) is 10.7. The molecule has 0 aliphatic rings. The summed E-state index contributed by atoms with van der Waals surface area (Å²) in [5, 5.41) is 18.4. The highest BCUT2D eigenvalue weighted by Crippen LogP contribution is 2.22. The fourth-order valence-electron chi connectivity index (χ4n) is 2.21. The molecule has 0 amide bonds. The van der Waals surface area contributed by atoms with Crippen LogP contribution in [0.4, 0.5) is 11.5 Å². The number of hydrogen-bond acceptors (Lipinski definition) is 6. The van der Waals surface area contributed by atoms with Crippen molar-refractivity contribution in [2.24, 2.45) is 0 Å². The van der Waals surface area contributed by atoms with E-state index < -0.39 is 4.92 Å². The molecule has 2 rings (SSSR count). The number of nitrogens with zero attached hydrogens (tertiary/aromatic N) is 5. The smallest absolute Gasteiger partial charge is 0.312 e. The molecule has 0 aliphatic heterocycles. The molecule has 2 aromatic heterocycles. The van der Waals surface area contributed by atoms with Crippen LogP contribution in [0, 0.1) is 30.9 Å². The van der Waals surface area contributed by atoms with Gasteiger partial charge >= 0.3 is 5.69 Å². The van der Waals surface area contributed by atoms with Crippen LogP contribution in [0.3, 0.4) is 0 Å². The number of anilines is 1. The number of aromatic nitrogens is 4. The minimum Gasteiger partial charge on any atom is -0.370 e. The SMILES string of the molecule is CCNc1cc(C)nc(Cn2nc(C)c([N+](=O)[O-])c2C)n1. The number of hydrogen-bond donors (Lipinski definition) is 1. The van der Waals surface area contributed by atoms with E-state index in [1.807, 2.05) is 19.9 Å². The predicted molar refractivity (Wildman–Crippen MR) is 78.4 cm³/mol. The topological polar surface area (TPSA) is 98.8 Å². The summed E-state index contributed by atoms with van der Waals surface area (Å²) in [6.07, 6.45) is 0. The van der Waals surface area contributed by atoms with Crippen molar-refractivity contribution in [2.45, 2.75) is 34.2 Å². The summed E-state index contributed by atoms with van der Waals surface area (Å²) in [5.74, 6) is 1.32. The molecule has 21 heavy (non-hydrogen) atoms. The number of nitrogens with one attached hydrogen (secondary N) is 1. The van der Waals surface area contributed by atoms with Gasteiger partial charge in [-0.1, -0.05) is 0 Å². The maximum absolute atomic E-state index is 11.0. The summed E-state index contributed by atoms with van der Waals surface area (Å²) in [4.78, 5) is 19.4. The summed E-state index contributed by atoms with van der Waals surface area (Å²) in [6, 6.07) is 1.86. The maximum Gasteiger partial charge on any atom is 0.312 e. The molecule has 0 fully saturated rings. The van der Waals surface area contributed by atoms with E-state index in [0.717, 1.165) is 18.1 Å². The van der Waals surface area contributed by atoms with Gasteiger partial charge in [0, 0.05) is 18.3 Å². The summed E-state index contributed by atoms with van der Waals surface area (Å²) in [6.45, 7) is 8.25. The summed E-state index contributed by atoms with van der Waals surface area (Å²) in [7, 11) is 0. The van der Waals surface area contributed by atoms with E-state index in [4.69, 9.17) is 0 Å². The molecule has 0 spiro atoms. The van der Waals surface area contributed by atoms with Crippen molar-refractivity contribution in [3.05, 3.63) is 39.1 Å². The lowest BCUT2D eigenvalue weighted by atomic mass is 10.3. The Bertz CT molecular complexity index is 680. The molecule has 8 heteroatoms. The highest BCUT2D eigenvalue weighted by molar-refractivity contribution is 5.40. The van der Waals surface area contributed by atoms with Gasteiger partial charge in [-0.15, -0.1) is 0 Å². The quantitative estimate of drug-likeness (QED) is 0.667. The number of aryl methyl sites for hydroxylation is 2. The monoisotopic (exact) mass is 290 g/mol. The van der Waals surface area contributed by atoms with E-state index in [2.05, 4.69) is 20.4 Å². The van der Waals surface area contributed by atoms with Gasteiger partial charge < -0.3 is 5.32 Å². The molecule has 2 heterocycles. The summed E-state index contributed by atoms with van der Waals surface area (Å²) in [5.41, 5.74) is 1.80. The van der Waals surface area contributed by atoms with Gasteiger partial charge in [0.2, 0.25) is 0 Å². The first-order valence-corrected chi connectivity index (χ1v) is 6.69. The van der Waals surface area contributed by atoms with E-state index in [1.54, 1.807) is 18.5 Å². The van der Waals surface area contributed by atoms with Crippen molar-refractivity contribution in [2.75, 3.05) is 11.9 Å².